The summed E-state index contributed by atoms with van der Waals surface area (Å²) in [6, 6.07) is 12.1. The van der Waals surface area contributed by atoms with Gasteiger partial charge in [-0.2, -0.15) is 8.99 Å². The van der Waals surface area contributed by atoms with Crippen LogP contribution in [0.25, 0.3) is 5.69 Å². The summed E-state index contributed by atoms with van der Waals surface area (Å²) < 4.78 is 45.2. The molecule has 1 aliphatic rings. The summed E-state index contributed by atoms with van der Waals surface area (Å²) in [6.07, 6.45) is 1.23. The first-order valence-corrected chi connectivity index (χ1v) is 11.6. The first kappa shape index (κ1) is 22.0. The molecule has 10 nitrogen and oxygen atoms in total. The molecule has 1 aromatic heterocycles. The highest BCUT2D eigenvalue weighted by molar-refractivity contribution is 7.89. The minimum Gasteiger partial charge on any atom is -0.497 e. The molecule has 0 aliphatic carbocycles. The van der Waals surface area contributed by atoms with Gasteiger partial charge in [0.05, 0.1) is 31.9 Å². The summed E-state index contributed by atoms with van der Waals surface area (Å²) in [5, 5.41) is 12.2. The molecule has 0 spiro atoms. The van der Waals surface area contributed by atoms with Crippen LogP contribution in [0.3, 0.4) is 0 Å². The second-order valence-electron chi connectivity index (χ2n) is 7.34. The average Bonchev–Trinajstić information content (AvgIpc) is 3.33. The van der Waals surface area contributed by atoms with Gasteiger partial charge < -0.3 is 14.2 Å². The Hall–Kier alpha value is -3.18. The van der Waals surface area contributed by atoms with Crippen LogP contribution in [0.4, 0.5) is 0 Å². The van der Waals surface area contributed by atoms with E-state index in [1.807, 2.05) is 24.3 Å². The largest absolute Gasteiger partial charge is 0.497 e. The van der Waals surface area contributed by atoms with Gasteiger partial charge in [0.1, 0.15) is 5.75 Å². The topological polar surface area (TPSA) is 109 Å². The number of ether oxygens (including phenoxy) is 3. The lowest BCUT2D eigenvalue weighted by Crippen LogP contribution is -2.38. The quantitative estimate of drug-likeness (QED) is 0.529. The maximum Gasteiger partial charge on any atom is 0.243 e. The van der Waals surface area contributed by atoms with Crippen LogP contribution in [0.5, 0.6) is 17.2 Å². The molecule has 1 saturated heterocycles. The van der Waals surface area contributed by atoms with Crippen LogP contribution < -0.4 is 14.2 Å². The predicted molar refractivity (Wildman–Crippen MR) is 116 cm³/mol. The van der Waals surface area contributed by atoms with Gasteiger partial charge in [0.15, 0.2) is 17.3 Å². The molecule has 0 amide bonds. The third-order valence-electron chi connectivity index (χ3n) is 5.62. The number of hydrogen-bond donors (Lipinski definition) is 0. The van der Waals surface area contributed by atoms with Gasteiger partial charge in [0, 0.05) is 25.1 Å². The van der Waals surface area contributed by atoms with E-state index in [4.69, 9.17) is 14.2 Å². The van der Waals surface area contributed by atoms with Gasteiger partial charge in [-0.3, -0.25) is 0 Å². The number of nitrogens with zero attached hydrogens (tertiary/aromatic N) is 5. The first-order chi connectivity index (χ1) is 15.5. The molecule has 4 rings (SSSR count). The summed E-state index contributed by atoms with van der Waals surface area (Å²) in [6.45, 7) is 0.744. The van der Waals surface area contributed by atoms with Crippen LogP contribution in [0.2, 0.25) is 0 Å². The number of sulfonamides is 1. The lowest BCUT2D eigenvalue weighted by atomic mass is 9.97. The first-order valence-electron chi connectivity index (χ1n) is 10.1. The lowest BCUT2D eigenvalue weighted by Gasteiger charge is -2.30. The SMILES string of the molecule is COc1ccc(-n2nnnc2C2CCN(S(=O)(=O)c3ccc(OC)c(OC)c3)CC2)cc1. The highest BCUT2D eigenvalue weighted by Gasteiger charge is 2.32. The van der Waals surface area contributed by atoms with E-state index in [2.05, 4.69) is 15.5 Å². The molecule has 0 N–H and O–H groups in total. The van der Waals surface area contributed by atoms with E-state index >= 15 is 0 Å². The van der Waals surface area contributed by atoms with E-state index in [1.165, 1.54) is 30.7 Å². The van der Waals surface area contributed by atoms with Gasteiger partial charge >= 0.3 is 0 Å². The Morgan fingerprint density at radius 3 is 2.22 bits per heavy atom. The number of hydrogen-bond acceptors (Lipinski definition) is 8. The molecule has 11 heteroatoms. The Morgan fingerprint density at radius 1 is 0.906 bits per heavy atom. The lowest BCUT2D eigenvalue weighted by molar-refractivity contribution is 0.311. The van der Waals surface area contributed by atoms with Gasteiger partial charge in [-0.1, -0.05) is 0 Å². The molecule has 32 heavy (non-hydrogen) atoms. The molecule has 1 fully saturated rings. The zero-order valence-electron chi connectivity index (χ0n) is 18.1. The Morgan fingerprint density at radius 2 is 1.59 bits per heavy atom. The Balaban J connectivity index is 1.50. The zero-order valence-corrected chi connectivity index (χ0v) is 18.9. The molecular weight excluding hydrogens is 434 g/mol. The van der Waals surface area contributed by atoms with Crippen LogP contribution in [0.15, 0.2) is 47.4 Å². The number of rotatable bonds is 7. The summed E-state index contributed by atoms with van der Waals surface area (Å²) in [7, 11) is 0.945. The summed E-state index contributed by atoms with van der Waals surface area (Å²) in [4.78, 5) is 0.177. The number of tetrazole rings is 1. The molecule has 1 aliphatic heterocycles. The smallest absolute Gasteiger partial charge is 0.243 e. The van der Waals surface area contributed by atoms with Crippen molar-refractivity contribution in [2.24, 2.45) is 0 Å². The summed E-state index contributed by atoms with van der Waals surface area (Å²) in [5.41, 5.74) is 0.825. The normalized spacial score (nSPS) is 15.5. The predicted octanol–water partition coefficient (Wildman–Crippen LogP) is 2.26. The highest BCUT2D eigenvalue weighted by atomic mass is 32.2. The van der Waals surface area contributed by atoms with Crippen LogP contribution in [-0.4, -0.2) is 67.3 Å². The van der Waals surface area contributed by atoms with E-state index in [0.29, 0.717) is 37.4 Å². The van der Waals surface area contributed by atoms with Crippen LogP contribution in [0.1, 0.15) is 24.6 Å². The maximum atomic E-state index is 13.2. The fourth-order valence-corrected chi connectivity index (χ4v) is 5.32. The van der Waals surface area contributed by atoms with Crippen molar-refractivity contribution in [3.05, 3.63) is 48.3 Å². The van der Waals surface area contributed by atoms with Crippen LogP contribution in [-0.2, 0) is 10.0 Å². The molecule has 2 heterocycles. The van der Waals surface area contributed by atoms with Crippen molar-refractivity contribution in [3.63, 3.8) is 0 Å². The van der Waals surface area contributed by atoms with E-state index < -0.39 is 10.0 Å². The fraction of sp³-hybridized carbons (Fsp3) is 0.381. The van der Waals surface area contributed by atoms with Crippen molar-refractivity contribution >= 4 is 10.0 Å². The molecule has 0 unspecified atom stereocenters. The van der Waals surface area contributed by atoms with Crippen molar-refractivity contribution in [1.82, 2.24) is 24.5 Å². The second kappa shape index (κ2) is 9.13. The molecule has 0 radical (unpaired) electrons. The van der Waals surface area contributed by atoms with E-state index in [0.717, 1.165) is 17.3 Å². The molecule has 0 bridgehead atoms. The van der Waals surface area contributed by atoms with Crippen molar-refractivity contribution < 1.29 is 22.6 Å². The van der Waals surface area contributed by atoms with E-state index in [1.54, 1.807) is 17.9 Å². The molecule has 170 valence electrons. The standard InChI is InChI=1S/C21H25N5O5S/c1-29-17-6-4-16(5-7-17)26-21(22-23-24-26)15-10-12-25(13-11-15)32(27,28)18-8-9-19(30-2)20(14-18)31-3/h4-9,14-15H,10-13H2,1-3H3. The van der Waals surface area contributed by atoms with Crippen molar-refractivity contribution in [2.75, 3.05) is 34.4 Å². The molecule has 0 atom stereocenters. The minimum absolute atomic E-state index is 0.0453. The molecule has 2 aromatic carbocycles. The minimum atomic E-state index is -3.66. The van der Waals surface area contributed by atoms with Crippen LogP contribution >= 0.6 is 0 Å². The number of benzene rings is 2. The summed E-state index contributed by atoms with van der Waals surface area (Å²) in [5.74, 6) is 2.37. The zero-order chi connectivity index (χ0) is 22.7. The number of methoxy groups -OCH3 is 3. The fourth-order valence-electron chi connectivity index (χ4n) is 3.84. The summed E-state index contributed by atoms with van der Waals surface area (Å²) >= 11 is 0. The van der Waals surface area contributed by atoms with Gasteiger partial charge in [-0.05, 0) is 59.7 Å². The third kappa shape index (κ3) is 4.13. The highest BCUT2D eigenvalue weighted by Crippen LogP contribution is 2.34. The maximum absolute atomic E-state index is 13.2. The molecule has 3 aromatic rings. The second-order valence-corrected chi connectivity index (χ2v) is 9.28. The van der Waals surface area contributed by atoms with Crippen molar-refractivity contribution in [3.8, 4) is 22.9 Å². The van der Waals surface area contributed by atoms with Gasteiger partial charge in [-0.15, -0.1) is 5.10 Å². The van der Waals surface area contributed by atoms with Crippen molar-refractivity contribution in [2.45, 2.75) is 23.7 Å². The van der Waals surface area contributed by atoms with Crippen LogP contribution in [0, 0.1) is 0 Å². The monoisotopic (exact) mass is 459 g/mol. The average molecular weight is 460 g/mol. The van der Waals surface area contributed by atoms with Gasteiger partial charge in [0.2, 0.25) is 10.0 Å². The van der Waals surface area contributed by atoms with E-state index in [9.17, 15) is 8.42 Å². The Bertz CT molecular complexity index is 1170. The number of piperidine rings is 1. The van der Waals surface area contributed by atoms with E-state index in [-0.39, 0.29) is 10.8 Å². The molecule has 0 saturated carbocycles. The Labute approximate surface area is 186 Å². The van der Waals surface area contributed by atoms with Gasteiger partial charge in [-0.25, -0.2) is 8.42 Å². The third-order valence-corrected chi connectivity index (χ3v) is 7.52. The Kier molecular flexibility index (Phi) is 6.28. The molecular formula is C21H25N5O5S. The van der Waals surface area contributed by atoms with Crippen molar-refractivity contribution in [1.29, 1.82) is 0 Å². The number of aromatic nitrogens is 4. The van der Waals surface area contributed by atoms with Gasteiger partial charge in [0.25, 0.3) is 0 Å².